The molecule has 37 heavy (non-hydrogen) atoms. The number of hydrazone groups is 1. The number of nitrogens with zero attached hydrogens (tertiary/aromatic N) is 4. The minimum atomic E-state index is -0.274. The summed E-state index contributed by atoms with van der Waals surface area (Å²) in [6, 6.07) is 20.8. The van der Waals surface area contributed by atoms with Gasteiger partial charge in [0, 0.05) is 11.3 Å². The summed E-state index contributed by atoms with van der Waals surface area (Å²) in [7, 11) is 4.77. The summed E-state index contributed by atoms with van der Waals surface area (Å²) in [6.45, 7) is 0. The van der Waals surface area contributed by atoms with Crippen molar-refractivity contribution in [3.05, 3.63) is 76.8 Å². The van der Waals surface area contributed by atoms with Gasteiger partial charge in [0.25, 0.3) is 5.91 Å². The standard InChI is InChI=1S/C26H24BrN5O4S/c1-34-21-11-9-17(13-20(21)27)15-28-29-24(33)16-37-26-31-30-25(32(26)19-7-5-4-6-8-19)18-10-12-22(35-2)23(14-18)36-3/h4-15H,16H2,1-3H3,(H,29,33)/b28-15+. The zero-order chi connectivity index (χ0) is 26.2. The molecule has 4 rings (SSSR count). The molecule has 0 spiro atoms. The highest BCUT2D eigenvalue weighted by molar-refractivity contribution is 9.10. The van der Waals surface area contributed by atoms with Gasteiger partial charge in [-0.25, -0.2) is 5.43 Å². The van der Waals surface area contributed by atoms with Crippen LogP contribution in [-0.2, 0) is 4.79 Å². The van der Waals surface area contributed by atoms with E-state index in [0.717, 1.165) is 21.3 Å². The maximum atomic E-state index is 12.5. The van der Waals surface area contributed by atoms with Crippen LogP contribution < -0.4 is 19.6 Å². The Bertz CT molecular complexity index is 1410. The number of benzene rings is 3. The average Bonchev–Trinajstić information content (AvgIpc) is 3.36. The Balaban J connectivity index is 1.51. The Morgan fingerprint density at radius 2 is 1.70 bits per heavy atom. The van der Waals surface area contributed by atoms with Crippen LogP contribution in [0, 0.1) is 0 Å². The number of carbonyl (C=O) groups excluding carboxylic acids is 1. The first kappa shape index (κ1) is 26.2. The van der Waals surface area contributed by atoms with Crippen molar-refractivity contribution in [2.45, 2.75) is 5.16 Å². The first-order chi connectivity index (χ1) is 18.0. The van der Waals surface area contributed by atoms with Gasteiger partial charge >= 0.3 is 0 Å². The summed E-state index contributed by atoms with van der Waals surface area (Å²) in [4.78, 5) is 12.5. The predicted octanol–water partition coefficient (Wildman–Crippen LogP) is 4.97. The van der Waals surface area contributed by atoms with Gasteiger partial charge in [-0.3, -0.25) is 9.36 Å². The molecule has 0 saturated heterocycles. The highest BCUT2D eigenvalue weighted by Crippen LogP contribution is 2.34. The van der Waals surface area contributed by atoms with Gasteiger partial charge in [-0.2, -0.15) is 5.10 Å². The van der Waals surface area contributed by atoms with E-state index < -0.39 is 0 Å². The fourth-order valence-electron chi connectivity index (χ4n) is 3.44. The van der Waals surface area contributed by atoms with Gasteiger partial charge in [0.2, 0.25) is 0 Å². The van der Waals surface area contributed by atoms with Crippen molar-refractivity contribution in [2.75, 3.05) is 27.1 Å². The molecule has 0 aliphatic heterocycles. The average molecular weight is 582 g/mol. The third-order valence-electron chi connectivity index (χ3n) is 5.20. The number of hydrogen-bond donors (Lipinski definition) is 1. The summed E-state index contributed by atoms with van der Waals surface area (Å²) in [6.07, 6.45) is 1.56. The van der Waals surface area contributed by atoms with Crippen LogP contribution in [0.3, 0.4) is 0 Å². The van der Waals surface area contributed by atoms with Crippen LogP contribution in [0.5, 0.6) is 17.2 Å². The maximum Gasteiger partial charge on any atom is 0.250 e. The molecule has 190 valence electrons. The van der Waals surface area contributed by atoms with Gasteiger partial charge in [0.15, 0.2) is 22.5 Å². The van der Waals surface area contributed by atoms with Crippen LogP contribution >= 0.6 is 27.7 Å². The van der Waals surface area contributed by atoms with E-state index in [9.17, 15) is 4.79 Å². The molecule has 0 unspecified atom stereocenters. The van der Waals surface area contributed by atoms with Gasteiger partial charge in [-0.1, -0.05) is 30.0 Å². The number of rotatable bonds is 10. The first-order valence-corrected chi connectivity index (χ1v) is 12.8. The SMILES string of the molecule is COc1ccc(/C=N/NC(=O)CSc2nnc(-c3ccc(OC)c(OC)c3)n2-c2ccccc2)cc1Br. The van der Waals surface area contributed by atoms with Crippen molar-refractivity contribution in [2.24, 2.45) is 5.10 Å². The van der Waals surface area contributed by atoms with Crippen LogP contribution in [0.2, 0.25) is 0 Å². The molecule has 0 bridgehead atoms. The topological polar surface area (TPSA) is 99.9 Å². The molecule has 0 aliphatic carbocycles. The summed E-state index contributed by atoms with van der Waals surface area (Å²) in [5, 5.41) is 13.4. The number of hydrogen-bond acceptors (Lipinski definition) is 8. The summed E-state index contributed by atoms with van der Waals surface area (Å²) < 4.78 is 18.7. The van der Waals surface area contributed by atoms with Gasteiger partial charge in [-0.05, 0) is 70.0 Å². The maximum absolute atomic E-state index is 12.5. The van der Waals surface area contributed by atoms with E-state index in [0.29, 0.717) is 28.2 Å². The lowest BCUT2D eigenvalue weighted by molar-refractivity contribution is -0.118. The van der Waals surface area contributed by atoms with Gasteiger partial charge in [-0.15, -0.1) is 10.2 Å². The van der Waals surface area contributed by atoms with Crippen molar-refractivity contribution in [3.8, 4) is 34.3 Å². The van der Waals surface area contributed by atoms with Crippen molar-refractivity contribution in [1.82, 2.24) is 20.2 Å². The monoisotopic (exact) mass is 581 g/mol. The quantitative estimate of drug-likeness (QED) is 0.160. The molecule has 0 atom stereocenters. The van der Waals surface area contributed by atoms with Crippen molar-refractivity contribution in [3.63, 3.8) is 0 Å². The molecule has 0 fully saturated rings. The summed E-state index contributed by atoms with van der Waals surface area (Å²) >= 11 is 4.69. The number of carbonyl (C=O) groups is 1. The molecule has 0 radical (unpaired) electrons. The molecular weight excluding hydrogens is 558 g/mol. The lowest BCUT2D eigenvalue weighted by Crippen LogP contribution is -2.20. The number of halogens is 1. The summed E-state index contributed by atoms with van der Waals surface area (Å²) in [5.41, 5.74) is 5.02. The van der Waals surface area contributed by atoms with Gasteiger partial charge < -0.3 is 14.2 Å². The van der Waals surface area contributed by atoms with E-state index in [1.165, 1.54) is 11.8 Å². The van der Waals surface area contributed by atoms with Crippen molar-refractivity contribution >= 4 is 39.8 Å². The van der Waals surface area contributed by atoms with E-state index in [4.69, 9.17) is 14.2 Å². The molecule has 1 heterocycles. The van der Waals surface area contributed by atoms with E-state index in [1.807, 2.05) is 71.3 Å². The van der Waals surface area contributed by atoms with Crippen LogP contribution in [0.25, 0.3) is 17.1 Å². The Kier molecular flexibility index (Phi) is 8.81. The minimum absolute atomic E-state index is 0.0978. The van der Waals surface area contributed by atoms with E-state index in [-0.39, 0.29) is 11.7 Å². The fourth-order valence-corrected chi connectivity index (χ4v) is 4.74. The number of ether oxygens (including phenoxy) is 3. The third-order valence-corrected chi connectivity index (χ3v) is 6.75. The number of aromatic nitrogens is 3. The van der Waals surface area contributed by atoms with Gasteiger partial charge in [0.1, 0.15) is 5.75 Å². The molecule has 0 saturated carbocycles. The Hall–Kier alpha value is -3.83. The Morgan fingerprint density at radius 1 is 0.973 bits per heavy atom. The van der Waals surface area contributed by atoms with Crippen LogP contribution in [0.4, 0.5) is 0 Å². The number of thioether (sulfide) groups is 1. The fraction of sp³-hybridized carbons (Fsp3) is 0.154. The number of methoxy groups -OCH3 is 3. The Morgan fingerprint density at radius 3 is 2.41 bits per heavy atom. The van der Waals surface area contributed by atoms with Crippen LogP contribution in [-0.4, -0.2) is 54.0 Å². The smallest absolute Gasteiger partial charge is 0.250 e. The minimum Gasteiger partial charge on any atom is -0.496 e. The molecule has 9 nitrogen and oxygen atoms in total. The number of nitrogens with one attached hydrogen (secondary N) is 1. The lowest BCUT2D eigenvalue weighted by atomic mass is 10.2. The number of para-hydroxylation sites is 1. The highest BCUT2D eigenvalue weighted by Gasteiger charge is 2.18. The normalized spacial score (nSPS) is 10.9. The third kappa shape index (κ3) is 6.30. The largest absolute Gasteiger partial charge is 0.496 e. The van der Waals surface area contributed by atoms with Crippen molar-refractivity contribution < 1.29 is 19.0 Å². The second kappa shape index (κ2) is 12.4. The molecule has 4 aromatic rings. The molecule has 1 aromatic heterocycles. The predicted molar refractivity (Wildman–Crippen MR) is 147 cm³/mol. The van der Waals surface area contributed by atoms with E-state index in [1.54, 1.807) is 27.5 Å². The molecular formula is C26H24BrN5O4S. The lowest BCUT2D eigenvalue weighted by Gasteiger charge is -2.12. The zero-order valence-corrected chi connectivity index (χ0v) is 22.7. The molecule has 3 aromatic carbocycles. The van der Waals surface area contributed by atoms with Crippen LogP contribution in [0.15, 0.2) is 81.5 Å². The van der Waals surface area contributed by atoms with E-state index >= 15 is 0 Å². The molecule has 11 heteroatoms. The summed E-state index contributed by atoms with van der Waals surface area (Å²) in [5.74, 6) is 2.35. The zero-order valence-electron chi connectivity index (χ0n) is 20.3. The van der Waals surface area contributed by atoms with Crippen molar-refractivity contribution in [1.29, 1.82) is 0 Å². The second-order valence-electron chi connectivity index (χ2n) is 7.52. The Labute approximate surface area is 227 Å². The van der Waals surface area contributed by atoms with Crippen LogP contribution in [0.1, 0.15) is 5.56 Å². The second-order valence-corrected chi connectivity index (χ2v) is 9.32. The van der Waals surface area contributed by atoms with Gasteiger partial charge in [0.05, 0.1) is 37.8 Å². The molecule has 0 aliphatic rings. The first-order valence-electron chi connectivity index (χ1n) is 11.1. The highest BCUT2D eigenvalue weighted by atomic mass is 79.9. The molecule has 1 N–H and O–H groups in total. The number of amides is 1. The molecule has 1 amide bonds. The van der Waals surface area contributed by atoms with E-state index in [2.05, 4.69) is 36.7 Å².